The lowest BCUT2D eigenvalue weighted by Crippen LogP contribution is -2.63. The zero-order valence-electron chi connectivity index (χ0n) is 22.8. The van der Waals surface area contributed by atoms with Gasteiger partial charge in [-0.1, -0.05) is 61.4 Å². The minimum absolute atomic E-state index is 0.0405. The number of thiocarbonyl (C=S) groups is 1. The standard InChI is InChI=1S/C32H38O7S/c40-30(34-23-15-7-2-8-16-23)35-25-28-26(36-31(38-28)17-9-3-10-18-31)24(33-21-22-13-5-1-6-14-22)27-29(25)39-32(37-27)19-11-4-12-20-32/h1-2,5-8,13-16,24-29H,3-4,9-12,17-21H2/t24?,25?,26-,27-,28-,29+/m0/s1. The van der Waals surface area contributed by atoms with Crippen molar-refractivity contribution in [2.75, 3.05) is 0 Å². The molecule has 5 fully saturated rings. The van der Waals surface area contributed by atoms with E-state index in [1.54, 1.807) is 0 Å². The molecule has 5 aliphatic rings. The van der Waals surface area contributed by atoms with Crippen LogP contribution in [0, 0.1) is 0 Å². The van der Waals surface area contributed by atoms with Crippen molar-refractivity contribution in [1.29, 1.82) is 0 Å². The average Bonchev–Trinajstić information content (AvgIpc) is 3.53. The quantitative estimate of drug-likeness (QED) is 0.395. The molecule has 0 N–H and O–H groups in total. The Morgan fingerprint density at radius 2 is 1.12 bits per heavy atom. The van der Waals surface area contributed by atoms with Crippen molar-refractivity contribution in [1.82, 2.24) is 0 Å². The summed E-state index contributed by atoms with van der Waals surface area (Å²) in [5, 5.41) is 0.0405. The van der Waals surface area contributed by atoms with Crippen LogP contribution in [0.1, 0.15) is 69.8 Å². The smallest absolute Gasteiger partial charge is 0.358 e. The van der Waals surface area contributed by atoms with Crippen LogP contribution in [0.3, 0.4) is 0 Å². The average molecular weight is 567 g/mol. The number of benzene rings is 2. The number of hydrogen-bond donors (Lipinski definition) is 0. The molecule has 0 radical (unpaired) electrons. The van der Waals surface area contributed by atoms with Crippen LogP contribution >= 0.6 is 12.2 Å². The van der Waals surface area contributed by atoms with Crippen molar-refractivity contribution in [3.63, 3.8) is 0 Å². The summed E-state index contributed by atoms with van der Waals surface area (Å²) in [5.74, 6) is -0.667. The van der Waals surface area contributed by atoms with E-state index in [9.17, 15) is 0 Å². The molecule has 2 spiro atoms. The second kappa shape index (κ2) is 11.3. The van der Waals surface area contributed by atoms with Gasteiger partial charge < -0.3 is 33.2 Å². The Hall–Kier alpha value is -2.07. The molecule has 40 heavy (non-hydrogen) atoms. The number of para-hydroxylation sites is 1. The zero-order valence-corrected chi connectivity index (χ0v) is 23.6. The maximum atomic E-state index is 6.86. The Morgan fingerprint density at radius 3 is 1.65 bits per heavy atom. The van der Waals surface area contributed by atoms with Crippen LogP contribution in [0.15, 0.2) is 60.7 Å². The van der Waals surface area contributed by atoms with Gasteiger partial charge in [-0.15, -0.1) is 0 Å². The highest BCUT2D eigenvalue weighted by Gasteiger charge is 2.67. The van der Waals surface area contributed by atoms with E-state index in [2.05, 4.69) is 12.1 Å². The summed E-state index contributed by atoms with van der Waals surface area (Å²) in [6, 6.07) is 19.7. The van der Waals surface area contributed by atoms with Gasteiger partial charge in [0.15, 0.2) is 17.7 Å². The summed E-state index contributed by atoms with van der Waals surface area (Å²) in [6.45, 7) is 0.450. The molecule has 2 heterocycles. The summed E-state index contributed by atoms with van der Waals surface area (Å²) >= 11 is 5.61. The Bertz CT molecular complexity index is 1110. The van der Waals surface area contributed by atoms with E-state index in [4.69, 9.17) is 45.4 Å². The maximum Gasteiger partial charge on any atom is 0.358 e. The van der Waals surface area contributed by atoms with E-state index in [1.165, 1.54) is 12.8 Å². The third-order valence-electron chi connectivity index (χ3n) is 9.04. The molecule has 2 aromatic rings. The Balaban J connectivity index is 1.20. The Labute approximate surface area is 241 Å². The number of fused-ring (bicyclic) bond motifs is 2. The fourth-order valence-corrected chi connectivity index (χ4v) is 7.38. The molecule has 0 amide bonds. The minimum atomic E-state index is -0.646. The van der Waals surface area contributed by atoms with Gasteiger partial charge in [0.2, 0.25) is 0 Å². The highest BCUT2D eigenvalue weighted by Crippen LogP contribution is 2.52. The maximum absolute atomic E-state index is 6.86. The second-order valence-corrected chi connectivity index (χ2v) is 12.1. The number of rotatable bonds is 5. The first kappa shape index (κ1) is 26.8. The molecular formula is C32H38O7S. The first-order valence-corrected chi connectivity index (χ1v) is 15.3. The molecule has 6 atom stereocenters. The van der Waals surface area contributed by atoms with Crippen LogP contribution in [0.5, 0.6) is 5.75 Å². The van der Waals surface area contributed by atoms with E-state index >= 15 is 0 Å². The Kier molecular flexibility index (Phi) is 7.58. The molecule has 7 rings (SSSR count). The van der Waals surface area contributed by atoms with Gasteiger partial charge in [-0.2, -0.15) is 0 Å². The van der Waals surface area contributed by atoms with Crippen molar-refractivity contribution < 1.29 is 33.2 Å². The topological polar surface area (TPSA) is 64.6 Å². The summed E-state index contributed by atoms with van der Waals surface area (Å²) in [6.07, 6.45) is 7.51. The van der Waals surface area contributed by atoms with Gasteiger partial charge in [-0.05, 0) is 43.4 Å². The van der Waals surface area contributed by atoms with Gasteiger partial charge >= 0.3 is 5.24 Å². The third kappa shape index (κ3) is 5.30. The molecule has 214 valence electrons. The highest BCUT2D eigenvalue weighted by atomic mass is 32.1. The highest BCUT2D eigenvalue weighted by molar-refractivity contribution is 7.79. The fourth-order valence-electron chi connectivity index (χ4n) is 7.17. The Morgan fingerprint density at radius 1 is 0.650 bits per heavy atom. The summed E-state index contributed by atoms with van der Waals surface area (Å²) in [4.78, 5) is 0. The van der Waals surface area contributed by atoms with Gasteiger partial charge in [-0.25, -0.2) is 0 Å². The molecule has 0 bridgehead atoms. The molecule has 2 aliphatic heterocycles. The lowest BCUT2D eigenvalue weighted by molar-refractivity contribution is -0.227. The van der Waals surface area contributed by atoms with Crippen molar-refractivity contribution in [2.45, 2.75) is 119 Å². The first-order valence-electron chi connectivity index (χ1n) is 14.9. The molecule has 7 nitrogen and oxygen atoms in total. The zero-order chi connectivity index (χ0) is 27.0. The molecule has 3 saturated carbocycles. The van der Waals surface area contributed by atoms with Crippen LogP contribution < -0.4 is 4.74 Å². The molecule has 8 heteroatoms. The molecule has 2 saturated heterocycles. The van der Waals surface area contributed by atoms with Gasteiger partial charge in [0.05, 0.1) is 6.61 Å². The van der Waals surface area contributed by atoms with Gasteiger partial charge in [0.1, 0.15) is 36.3 Å². The predicted octanol–water partition coefficient (Wildman–Crippen LogP) is 6.22. The monoisotopic (exact) mass is 566 g/mol. The lowest BCUT2D eigenvalue weighted by Gasteiger charge is -2.42. The van der Waals surface area contributed by atoms with Gasteiger partial charge in [0, 0.05) is 37.9 Å². The van der Waals surface area contributed by atoms with E-state index in [-0.39, 0.29) is 23.5 Å². The predicted molar refractivity (Wildman–Crippen MR) is 151 cm³/mol. The van der Waals surface area contributed by atoms with Crippen LogP contribution in [0.25, 0.3) is 0 Å². The van der Waals surface area contributed by atoms with E-state index < -0.39 is 29.9 Å². The molecule has 2 unspecified atom stereocenters. The fraction of sp³-hybridized carbons (Fsp3) is 0.594. The SMILES string of the molecule is S=C(Oc1ccccc1)OC1[C@H]2OC3(CCCCC3)O[C@H]2C(OCc2ccccc2)[C@@H]2OC3(CCCCC3)O[C@@H]12. The van der Waals surface area contributed by atoms with Crippen molar-refractivity contribution >= 4 is 17.5 Å². The van der Waals surface area contributed by atoms with Crippen molar-refractivity contribution in [3.8, 4) is 5.75 Å². The lowest BCUT2D eigenvalue weighted by atomic mass is 9.84. The third-order valence-corrected chi connectivity index (χ3v) is 9.22. The molecule has 3 aliphatic carbocycles. The van der Waals surface area contributed by atoms with Crippen molar-refractivity contribution in [2.24, 2.45) is 0 Å². The van der Waals surface area contributed by atoms with Crippen LogP contribution in [0.4, 0.5) is 0 Å². The van der Waals surface area contributed by atoms with Crippen LogP contribution in [0.2, 0.25) is 0 Å². The van der Waals surface area contributed by atoms with Gasteiger partial charge in [-0.3, -0.25) is 0 Å². The largest absolute Gasteiger partial charge is 0.447 e. The summed E-state index contributed by atoms with van der Waals surface area (Å²) < 4.78 is 46.5. The van der Waals surface area contributed by atoms with E-state index in [0.717, 1.165) is 56.9 Å². The number of hydrogen-bond acceptors (Lipinski definition) is 8. The first-order chi connectivity index (χ1) is 19.6. The van der Waals surface area contributed by atoms with E-state index in [0.29, 0.717) is 12.4 Å². The van der Waals surface area contributed by atoms with E-state index in [1.807, 2.05) is 48.5 Å². The minimum Gasteiger partial charge on any atom is -0.447 e. The normalized spacial score (nSPS) is 33.8. The summed E-state index contributed by atoms with van der Waals surface area (Å²) in [7, 11) is 0. The van der Waals surface area contributed by atoms with Crippen molar-refractivity contribution in [3.05, 3.63) is 66.2 Å². The molecular weight excluding hydrogens is 528 g/mol. The summed E-state index contributed by atoms with van der Waals surface area (Å²) in [5.41, 5.74) is 1.10. The van der Waals surface area contributed by atoms with Crippen LogP contribution in [-0.4, -0.2) is 53.4 Å². The number of ether oxygens (including phenoxy) is 7. The van der Waals surface area contributed by atoms with Crippen LogP contribution in [-0.2, 0) is 35.0 Å². The second-order valence-electron chi connectivity index (χ2n) is 11.8. The molecule has 2 aromatic carbocycles. The van der Waals surface area contributed by atoms with Gasteiger partial charge in [0.25, 0.3) is 0 Å². The molecule has 0 aromatic heterocycles.